The van der Waals surface area contributed by atoms with Gasteiger partial charge in [-0.05, 0) is 48.7 Å². The highest BCUT2D eigenvalue weighted by Crippen LogP contribution is 2.21. The predicted molar refractivity (Wildman–Crippen MR) is 94.4 cm³/mol. The van der Waals surface area contributed by atoms with Crippen molar-refractivity contribution in [3.63, 3.8) is 0 Å². The van der Waals surface area contributed by atoms with Crippen LogP contribution in [0.25, 0.3) is 0 Å². The quantitative estimate of drug-likeness (QED) is 0.911. The molecule has 0 unspecified atom stereocenters. The molecule has 0 radical (unpaired) electrons. The van der Waals surface area contributed by atoms with Crippen LogP contribution in [0.3, 0.4) is 0 Å². The van der Waals surface area contributed by atoms with Gasteiger partial charge in [-0.2, -0.15) is 0 Å². The molecule has 26 heavy (non-hydrogen) atoms. The van der Waals surface area contributed by atoms with Crippen molar-refractivity contribution in [1.82, 2.24) is 4.90 Å². The van der Waals surface area contributed by atoms with Crippen LogP contribution < -0.4 is 5.32 Å². The van der Waals surface area contributed by atoms with E-state index in [1.807, 2.05) is 0 Å². The van der Waals surface area contributed by atoms with Gasteiger partial charge in [0.15, 0.2) is 0 Å². The normalized spacial score (nSPS) is 14.9. The van der Waals surface area contributed by atoms with Crippen molar-refractivity contribution in [2.24, 2.45) is 5.92 Å². The summed E-state index contributed by atoms with van der Waals surface area (Å²) in [6.07, 6.45) is 1.13. The minimum atomic E-state index is -0.380. The molecule has 1 fully saturated rings. The van der Waals surface area contributed by atoms with Crippen LogP contribution in [-0.2, 0) is 16.0 Å². The molecule has 2 amide bonds. The average molecular weight is 358 g/mol. The highest BCUT2D eigenvalue weighted by Gasteiger charge is 2.27. The molecule has 136 valence electrons. The first-order valence-corrected chi connectivity index (χ1v) is 8.60. The van der Waals surface area contributed by atoms with Crippen molar-refractivity contribution >= 4 is 17.5 Å². The summed E-state index contributed by atoms with van der Waals surface area (Å²) in [6.45, 7) is 0.934. The number of likely N-dealkylation sites (tertiary alicyclic amines) is 1. The summed E-state index contributed by atoms with van der Waals surface area (Å²) in [5.74, 6) is -1.19. The number of amides is 2. The van der Waals surface area contributed by atoms with Crippen molar-refractivity contribution in [2.75, 3.05) is 18.4 Å². The van der Waals surface area contributed by atoms with Gasteiger partial charge in [-0.15, -0.1) is 0 Å². The Morgan fingerprint density at radius 1 is 1.00 bits per heavy atom. The molecule has 0 saturated carbocycles. The Morgan fingerprint density at radius 3 is 2.31 bits per heavy atom. The summed E-state index contributed by atoms with van der Waals surface area (Å²) in [5.41, 5.74) is 0.933. The molecule has 1 N–H and O–H groups in total. The molecule has 0 bridgehead atoms. The van der Waals surface area contributed by atoms with E-state index in [4.69, 9.17) is 0 Å². The molecule has 6 heteroatoms. The Labute approximate surface area is 150 Å². The molecule has 2 aromatic carbocycles. The fourth-order valence-corrected chi connectivity index (χ4v) is 3.09. The number of piperidine rings is 1. The van der Waals surface area contributed by atoms with Crippen molar-refractivity contribution in [2.45, 2.75) is 19.3 Å². The van der Waals surface area contributed by atoms with Gasteiger partial charge >= 0.3 is 0 Å². The van der Waals surface area contributed by atoms with Gasteiger partial charge < -0.3 is 10.2 Å². The summed E-state index contributed by atoms with van der Waals surface area (Å²) in [7, 11) is 0. The molecule has 1 aliphatic heterocycles. The minimum Gasteiger partial charge on any atom is -0.342 e. The maximum absolute atomic E-state index is 13.7. The Morgan fingerprint density at radius 2 is 1.65 bits per heavy atom. The molecule has 1 saturated heterocycles. The van der Waals surface area contributed by atoms with E-state index in [1.54, 1.807) is 23.1 Å². The number of rotatable bonds is 4. The van der Waals surface area contributed by atoms with Gasteiger partial charge in [0.05, 0.1) is 6.42 Å². The van der Waals surface area contributed by atoms with E-state index in [9.17, 15) is 18.4 Å². The number of carbonyl (C=O) groups is 2. The molecule has 2 aromatic rings. The van der Waals surface area contributed by atoms with Crippen LogP contribution in [-0.4, -0.2) is 29.8 Å². The largest absolute Gasteiger partial charge is 0.342 e. The van der Waals surface area contributed by atoms with Crippen LogP contribution in [0, 0.1) is 17.6 Å². The molecule has 0 aliphatic carbocycles. The van der Waals surface area contributed by atoms with Crippen molar-refractivity contribution in [3.05, 3.63) is 65.7 Å². The summed E-state index contributed by atoms with van der Waals surface area (Å²) in [6, 6.07) is 11.9. The summed E-state index contributed by atoms with van der Waals surface area (Å²) < 4.78 is 26.6. The van der Waals surface area contributed by atoms with E-state index in [1.165, 1.54) is 30.3 Å². The third-order valence-electron chi connectivity index (χ3n) is 4.63. The molecule has 0 aromatic heterocycles. The van der Waals surface area contributed by atoms with Crippen LogP contribution in [0.4, 0.5) is 14.5 Å². The Kier molecular flexibility index (Phi) is 5.61. The standard InChI is InChI=1S/C20H20F2N2O2/c21-16-5-7-17(8-6-16)23-20(26)14-9-11-24(12-10-14)19(25)13-15-3-1-2-4-18(15)22/h1-8,14H,9-13H2,(H,23,26). The highest BCUT2D eigenvalue weighted by molar-refractivity contribution is 5.92. The molecule has 3 rings (SSSR count). The minimum absolute atomic E-state index is 0.0269. The predicted octanol–water partition coefficient (Wildman–Crippen LogP) is 3.38. The van der Waals surface area contributed by atoms with Gasteiger partial charge in [0, 0.05) is 24.7 Å². The first kappa shape index (κ1) is 18.0. The van der Waals surface area contributed by atoms with Crippen LogP contribution in [0.2, 0.25) is 0 Å². The number of carbonyl (C=O) groups excluding carboxylic acids is 2. The second kappa shape index (κ2) is 8.08. The number of hydrogen-bond acceptors (Lipinski definition) is 2. The van der Waals surface area contributed by atoms with E-state index in [2.05, 4.69) is 5.32 Å². The Bertz CT molecular complexity index is 785. The number of anilines is 1. The van der Waals surface area contributed by atoms with Crippen LogP contribution >= 0.6 is 0 Å². The van der Waals surface area contributed by atoms with Crippen LogP contribution in [0.15, 0.2) is 48.5 Å². The van der Waals surface area contributed by atoms with Gasteiger partial charge in [-0.1, -0.05) is 18.2 Å². The molecular formula is C20H20F2N2O2. The molecule has 0 atom stereocenters. The van der Waals surface area contributed by atoms with Gasteiger partial charge in [0.25, 0.3) is 0 Å². The molecular weight excluding hydrogens is 338 g/mol. The topological polar surface area (TPSA) is 49.4 Å². The highest BCUT2D eigenvalue weighted by atomic mass is 19.1. The van der Waals surface area contributed by atoms with Crippen LogP contribution in [0.1, 0.15) is 18.4 Å². The molecule has 4 nitrogen and oxygen atoms in total. The zero-order valence-electron chi connectivity index (χ0n) is 14.3. The number of benzene rings is 2. The van der Waals surface area contributed by atoms with E-state index >= 15 is 0 Å². The van der Waals surface area contributed by atoms with E-state index in [0.29, 0.717) is 37.2 Å². The first-order chi connectivity index (χ1) is 12.5. The van der Waals surface area contributed by atoms with Crippen LogP contribution in [0.5, 0.6) is 0 Å². The molecule has 1 aliphatic rings. The zero-order chi connectivity index (χ0) is 18.5. The number of hydrogen-bond donors (Lipinski definition) is 1. The van der Waals surface area contributed by atoms with Crippen molar-refractivity contribution in [3.8, 4) is 0 Å². The van der Waals surface area contributed by atoms with Gasteiger partial charge in [0.1, 0.15) is 11.6 Å². The fraction of sp³-hybridized carbons (Fsp3) is 0.300. The lowest BCUT2D eigenvalue weighted by molar-refractivity contribution is -0.133. The third-order valence-corrected chi connectivity index (χ3v) is 4.63. The second-order valence-corrected chi connectivity index (χ2v) is 6.42. The smallest absolute Gasteiger partial charge is 0.227 e. The third kappa shape index (κ3) is 4.45. The van der Waals surface area contributed by atoms with Gasteiger partial charge in [-0.25, -0.2) is 8.78 Å². The van der Waals surface area contributed by atoms with Gasteiger partial charge in [-0.3, -0.25) is 9.59 Å². The van der Waals surface area contributed by atoms with E-state index in [0.717, 1.165) is 0 Å². The molecule has 0 spiro atoms. The Balaban J connectivity index is 1.50. The van der Waals surface area contributed by atoms with Gasteiger partial charge in [0.2, 0.25) is 11.8 Å². The SMILES string of the molecule is O=C(Nc1ccc(F)cc1)C1CCN(C(=O)Cc2ccccc2F)CC1. The van der Waals surface area contributed by atoms with Crippen molar-refractivity contribution < 1.29 is 18.4 Å². The fourth-order valence-electron chi connectivity index (χ4n) is 3.09. The maximum atomic E-state index is 13.7. The number of nitrogens with zero attached hydrogens (tertiary/aromatic N) is 1. The maximum Gasteiger partial charge on any atom is 0.227 e. The zero-order valence-corrected chi connectivity index (χ0v) is 14.3. The summed E-state index contributed by atoms with van der Waals surface area (Å²) in [5, 5.41) is 2.77. The summed E-state index contributed by atoms with van der Waals surface area (Å²) >= 11 is 0. The lowest BCUT2D eigenvalue weighted by atomic mass is 9.95. The number of nitrogens with one attached hydrogen (secondary N) is 1. The first-order valence-electron chi connectivity index (χ1n) is 8.60. The Hall–Kier alpha value is -2.76. The average Bonchev–Trinajstić information content (AvgIpc) is 2.65. The van der Waals surface area contributed by atoms with E-state index < -0.39 is 0 Å². The lowest BCUT2D eigenvalue weighted by Gasteiger charge is -2.31. The summed E-state index contributed by atoms with van der Waals surface area (Å²) in [4.78, 5) is 26.3. The number of halogens is 2. The van der Waals surface area contributed by atoms with E-state index in [-0.39, 0.29) is 35.8 Å². The van der Waals surface area contributed by atoms with Crippen molar-refractivity contribution in [1.29, 1.82) is 0 Å². The monoisotopic (exact) mass is 358 g/mol. The second-order valence-electron chi connectivity index (χ2n) is 6.42. The molecule has 1 heterocycles. The lowest BCUT2D eigenvalue weighted by Crippen LogP contribution is -2.42.